The number of hydrogen-bond donors (Lipinski definition) is 1. The Labute approximate surface area is 165 Å². The fourth-order valence-electron chi connectivity index (χ4n) is 2.79. The van der Waals surface area contributed by atoms with Crippen LogP contribution in [0.5, 0.6) is 0 Å². The van der Waals surface area contributed by atoms with E-state index in [1.165, 1.54) is 6.33 Å². The lowest BCUT2D eigenvalue weighted by atomic mass is 10.2. The Balaban J connectivity index is 1.50. The summed E-state index contributed by atoms with van der Waals surface area (Å²) in [6.07, 6.45) is 3.18. The van der Waals surface area contributed by atoms with Gasteiger partial charge in [0.1, 0.15) is 24.2 Å². The lowest BCUT2D eigenvalue weighted by molar-refractivity contribution is -0.149. The summed E-state index contributed by atoms with van der Waals surface area (Å²) in [5.74, 6) is 0.0569. The molecule has 0 amide bonds. The molecule has 1 aliphatic heterocycles. The summed E-state index contributed by atoms with van der Waals surface area (Å²) in [7, 11) is -1.86. The first-order chi connectivity index (χ1) is 13.1. The van der Waals surface area contributed by atoms with Crippen molar-refractivity contribution < 1.29 is 18.7 Å². The Morgan fingerprint density at radius 1 is 1.36 bits per heavy atom. The van der Waals surface area contributed by atoms with Crippen LogP contribution in [0.3, 0.4) is 0 Å². The van der Waals surface area contributed by atoms with Gasteiger partial charge in [-0.05, 0) is 18.1 Å². The van der Waals surface area contributed by atoms with Crippen LogP contribution in [-0.2, 0) is 18.7 Å². The molecule has 3 heterocycles. The molecule has 154 valence electrons. The molecule has 0 bridgehead atoms. The van der Waals surface area contributed by atoms with Crippen molar-refractivity contribution in [3.8, 4) is 0 Å². The largest absolute Gasteiger partial charge is 0.460 e. The number of ether oxygens (including phenoxy) is 2. The number of imidazole rings is 1. The molecule has 0 aliphatic carbocycles. The molecule has 2 aromatic heterocycles. The van der Waals surface area contributed by atoms with E-state index < -0.39 is 8.32 Å². The van der Waals surface area contributed by atoms with Gasteiger partial charge in [-0.2, -0.15) is 0 Å². The fraction of sp³-hybridized carbons (Fsp3) is 0.667. The summed E-state index contributed by atoms with van der Waals surface area (Å²) in [6.45, 7) is 11.6. The van der Waals surface area contributed by atoms with Crippen molar-refractivity contribution in [3.63, 3.8) is 0 Å². The minimum absolute atomic E-state index is 0.115. The van der Waals surface area contributed by atoms with Gasteiger partial charge in [-0.3, -0.25) is 9.36 Å². The van der Waals surface area contributed by atoms with Gasteiger partial charge >= 0.3 is 5.97 Å². The Kier molecular flexibility index (Phi) is 5.73. The van der Waals surface area contributed by atoms with E-state index in [0.29, 0.717) is 36.6 Å². The number of anilines is 1. The number of nitrogen functional groups attached to an aromatic ring is 1. The third kappa shape index (κ3) is 4.34. The van der Waals surface area contributed by atoms with Crippen LogP contribution in [-0.4, -0.2) is 53.1 Å². The van der Waals surface area contributed by atoms with E-state index in [1.807, 2.05) is 0 Å². The van der Waals surface area contributed by atoms with E-state index in [0.717, 1.165) is 0 Å². The highest BCUT2D eigenvalue weighted by molar-refractivity contribution is 6.74. The smallest absolute Gasteiger partial charge is 0.308 e. The molecular formula is C18H29N5O4Si. The van der Waals surface area contributed by atoms with Gasteiger partial charge in [-0.15, -0.1) is 0 Å². The second-order valence-corrected chi connectivity index (χ2v) is 13.4. The molecule has 2 atom stereocenters. The van der Waals surface area contributed by atoms with E-state index in [2.05, 4.69) is 48.8 Å². The molecule has 2 aromatic rings. The Morgan fingerprint density at radius 3 is 2.82 bits per heavy atom. The van der Waals surface area contributed by atoms with Gasteiger partial charge in [0.25, 0.3) is 0 Å². The standard InChI is InChI=1S/C18H29N5O4Si/c1-18(2,3)28(4,5)26-7-6-14(24)27-12-8-13(25-9-12)23-11-22-15-16(19)20-10-21-17(15)23/h10-13H,6-9H2,1-5H3,(H2,19,20,21)/t12-,13+/m0/s1. The topological polar surface area (TPSA) is 114 Å². The lowest BCUT2D eigenvalue weighted by Crippen LogP contribution is -2.41. The Hall–Kier alpha value is -2.04. The van der Waals surface area contributed by atoms with Gasteiger partial charge < -0.3 is 19.6 Å². The molecule has 10 heteroatoms. The van der Waals surface area contributed by atoms with Crippen molar-refractivity contribution in [3.05, 3.63) is 12.7 Å². The molecule has 1 saturated heterocycles. The molecule has 0 radical (unpaired) electrons. The lowest BCUT2D eigenvalue weighted by Gasteiger charge is -2.36. The van der Waals surface area contributed by atoms with Crippen LogP contribution < -0.4 is 5.73 Å². The van der Waals surface area contributed by atoms with Gasteiger partial charge in [0, 0.05) is 13.0 Å². The maximum absolute atomic E-state index is 12.2. The highest BCUT2D eigenvalue weighted by atomic mass is 28.4. The van der Waals surface area contributed by atoms with E-state index in [4.69, 9.17) is 19.6 Å². The minimum Gasteiger partial charge on any atom is -0.460 e. The number of fused-ring (bicyclic) bond motifs is 1. The Bertz CT molecular complexity index is 848. The number of nitrogens with zero attached hydrogens (tertiary/aromatic N) is 4. The number of carbonyl (C=O) groups is 1. The number of esters is 1. The molecule has 1 aliphatic rings. The Morgan fingerprint density at radius 2 is 2.11 bits per heavy atom. The third-order valence-corrected chi connectivity index (χ3v) is 10.0. The predicted molar refractivity (Wildman–Crippen MR) is 107 cm³/mol. The molecule has 0 spiro atoms. The monoisotopic (exact) mass is 407 g/mol. The average Bonchev–Trinajstić information content (AvgIpc) is 3.21. The van der Waals surface area contributed by atoms with Crippen molar-refractivity contribution in [1.29, 1.82) is 0 Å². The van der Waals surface area contributed by atoms with Crippen LogP contribution in [0, 0.1) is 0 Å². The predicted octanol–water partition coefficient (Wildman–Crippen LogP) is 2.65. The van der Waals surface area contributed by atoms with Crippen LogP contribution in [0.2, 0.25) is 18.1 Å². The molecule has 0 aromatic carbocycles. The van der Waals surface area contributed by atoms with Crippen molar-refractivity contribution in [2.24, 2.45) is 0 Å². The molecule has 3 rings (SSSR count). The van der Waals surface area contributed by atoms with Crippen LogP contribution in [0.25, 0.3) is 11.2 Å². The van der Waals surface area contributed by atoms with Crippen LogP contribution in [0.4, 0.5) is 5.82 Å². The van der Waals surface area contributed by atoms with Crippen LogP contribution >= 0.6 is 0 Å². The molecule has 0 unspecified atom stereocenters. The summed E-state index contributed by atoms with van der Waals surface area (Å²) in [6, 6.07) is 0. The highest BCUT2D eigenvalue weighted by Gasteiger charge is 2.37. The maximum Gasteiger partial charge on any atom is 0.308 e. The molecule has 1 fully saturated rings. The summed E-state index contributed by atoms with van der Waals surface area (Å²) in [5, 5.41) is 0.115. The van der Waals surface area contributed by atoms with Gasteiger partial charge in [0.15, 0.2) is 19.8 Å². The number of hydrogen-bond acceptors (Lipinski definition) is 8. The van der Waals surface area contributed by atoms with Crippen molar-refractivity contribution in [2.75, 3.05) is 18.9 Å². The summed E-state index contributed by atoms with van der Waals surface area (Å²) in [5.41, 5.74) is 6.96. The third-order valence-electron chi connectivity index (χ3n) is 5.51. The maximum atomic E-state index is 12.2. The second kappa shape index (κ2) is 7.76. The van der Waals surface area contributed by atoms with Gasteiger partial charge in [-0.1, -0.05) is 20.8 Å². The van der Waals surface area contributed by atoms with Gasteiger partial charge in [0.2, 0.25) is 0 Å². The SMILES string of the molecule is CC(C)(C)[Si](C)(C)OCCC(=O)O[C@@H]1CO[C@@H](n2cnc3c(N)ncnc32)C1. The molecule has 28 heavy (non-hydrogen) atoms. The van der Waals surface area contributed by atoms with E-state index >= 15 is 0 Å². The zero-order valence-corrected chi connectivity index (χ0v) is 18.1. The van der Waals surface area contributed by atoms with Gasteiger partial charge in [0.05, 0.1) is 19.4 Å². The van der Waals surface area contributed by atoms with E-state index in [9.17, 15) is 4.79 Å². The number of nitrogens with two attached hydrogens (primary N) is 1. The summed E-state index contributed by atoms with van der Waals surface area (Å²) in [4.78, 5) is 24.6. The molecule has 9 nitrogen and oxygen atoms in total. The molecule has 2 N–H and O–H groups in total. The van der Waals surface area contributed by atoms with Crippen LogP contribution in [0.1, 0.15) is 39.8 Å². The first-order valence-electron chi connectivity index (χ1n) is 9.46. The second-order valence-electron chi connectivity index (χ2n) is 8.58. The first kappa shape index (κ1) is 20.7. The zero-order chi connectivity index (χ0) is 20.5. The van der Waals surface area contributed by atoms with Crippen molar-refractivity contribution in [1.82, 2.24) is 19.5 Å². The zero-order valence-electron chi connectivity index (χ0n) is 17.1. The molecule has 0 saturated carbocycles. The van der Waals surface area contributed by atoms with Crippen LogP contribution in [0.15, 0.2) is 12.7 Å². The quantitative estimate of drug-likeness (QED) is 0.574. The first-order valence-corrected chi connectivity index (χ1v) is 12.4. The summed E-state index contributed by atoms with van der Waals surface area (Å²) >= 11 is 0. The van der Waals surface area contributed by atoms with Gasteiger partial charge in [-0.25, -0.2) is 15.0 Å². The number of aromatic nitrogens is 4. The van der Waals surface area contributed by atoms with Crippen molar-refractivity contribution in [2.45, 2.75) is 64.1 Å². The van der Waals surface area contributed by atoms with Crippen molar-refractivity contribution >= 4 is 31.3 Å². The normalized spacial score (nSPS) is 20.6. The number of rotatable bonds is 6. The average molecular weight is 408 g/mol. The molecular weight excluding hydrogens is 378 g/mol. The fourth-order valence-corrected chi connectivity index (χ4v) is 3.83. The van der Waals surface area contributed by atoms with E-state index in [1.54, 1.807) is 10.9 Å². The minimum atomic E-state index is -1.86. The van der Waals surface area contributed by atoms with E-state index in [-0.39, 0.29) is 29.8 Å². The number of carbonyl (C=O) groups excluding carboxylic acids is 1. The summed E-state index contributed by atoms with van der Waals surface area (Å²) < 4.78 is 19.2. The highest BCUT2D eigenvalue weighted by Crippen LogP contribution is 2.36.